The Morgan fingerprint density at radius 1 is 1.38 bits per heavy atom. The van der Waals surface area contributed by atoms with Crippen LogP contribution < -0.4 is 5.32 Å². The molecule has 0 saturated carbocycles. The maximum absolute atomic E-state index is 13.5. The second kappa shape index (κ2) is 5.62. The van der Waals surface area contributed by atoms with Crippen LogP contribution in [0.2, 0.25) is 0 Å². The van der Waals surface area contributed by atoms with E-state index < -0.39 is 0 Å². The van der Waals surface area contributed by atoms with E-state index in [1.165, 1.54) is 0 Å². The summed E-state index contributed by atoms with van der Waals surface area (Å²) in [4.78, 5) is 0. The molecular weight excluding hydrogens is 201 g/mol. The molecule has 0 aromatic carbocycles. The van der Waals surface area contributed by atoms with E-state index in [2.05, 4.69) is 32.2 Å². The highest BCUT2D eigenvalue weighted by Gasteiger charge is 2.29. The molecule has 1 N–H and O–H groups in total. The molecule has 1 aliphatic carbocycles. The van der Waals surface area contributed by atoms with Gasteiger partial charge in [0.1, 0.15) is 5.83 Å². The summed E-state index contributed by atoms with van der Waals surface area (Å²) in [5, 5.41) is 3.40. The van der Waals surface area contributed by atoms with Crippen molar-refractivity contribution in [3.63, 3.8) is 0 Å². The number of hydrogen-bond donors (Lipinski definition) is 1. The molecule has 0 aromatic rings. The van der Waals surface area contributed by atoms with Crippen molar-refractivity contribution in [3.05, 3.63) is 23.6 Å². The molecule has 1 atom stereocenters. The van der Waals surface area contributed by atoms with Crippen molar-refractivity contribution in [2.24, 2.45) is 11.3 Å². The molecule has 92 valence electrons. The average molecular weight is 225 g/mol. The van der Waals surface area contributed by atoms with E-state index in [1.54, 1.807) is 6.08 Å². The monoisotopic (exact) mass is 225 g/mol. The number of allylic oxidation sites excluding steroid dienone is 4. The van der Waals surface area contributed by atoms with Gasteiger partial charge in [0.25, 0.3) is 0 Å². The Balaban J connectivity index is 2.53. The molecular formula is C14H24FN. The van der Waals surface area contributed by atoms with Crippen molar-refractivity contribution < 1.29 is 4.39 Å². The number of nitrogens with one attached hydrogen (secondary N) is 1. The van der Waals surface area contributed by atoms with Crippen molar-refractivity contribution >= 4 is 0 Å². The Morgan fingerprint density at radius 2 is 2.06 bits per heavy atom. The standard InChI is InChI=1S/C14H24FN/c1-5-7-16-8-6-12-9-11(2)13(15)10-14(12,3)4/h9-10,12,16H,5-8H2,1-4H3. The van der Waals surface area contributed by atoms with E-state index in [0.29, 0.717) is 5.92 Å². The fourth-order valence-electron chi connectivity index (χ4n) is 2.16. The summed E-state index contributed by atoms with van der Waals surface area (Å²) in [5.41, 5.74) is 0.733. The van der Waals surface area contributed by atoms with E-state index in [1.807, 2.05) is 6.92 Å². The molecule has 1 nitrogen and oxygen atoms in total. The van der Waals surface area contributed by atoms with E-state index >= 15 is 0 Å². The van der Waals surface area contributed by atoms with Crippen LogP contribution in [-0.4, -0.2) is 13.1 Å². The summed E-state index contributed by atoms with van der Waals surface area (Å²) in [6.07, 6.45) is 6.10. The molecule has 1 rings (SSSR count). The van der Waals surface area contributed by atoms with Gasteiger partial charge in [-0.15, -0.1) is 0 Å². The summed E-state index contributed by atoms with van der Waals surface area (Å²) in [6.45, 7) is 10.3. The van der Waals surface area contributed by atoms with E-state index in [9.17, 15) is 4.39 Å². The molecule has 0 spiro atoms. The van der Waals surface area contributed by atoms with Crippen LogP contribution in [0.5, 0.6) is 0 Å². The third-order valence-corrected chi connectivity index (χ3v) is 3.34. The predicted octanol–water partition coefficient (Wildman–Crippen LogP) is 3.83. The zero-order valence-electron chi connectivity index (χ0n) is 10.9. The minimum absolute atomic E-state index is 0.0530. The van der Waals surface area contributed by atoms with Crippen molar-refractivity contribution in [2.45, 2.75) is 40.5 Å². The Morgan fingerprint density at radius 3 is 2.69 bits per heavy atom. The maximum Gasteiger partial charge on any atom is 0.122 e. The van der Waals surface area contributed by atoms with Gasteiger partial charge in [0.2, 0.25) is 0 Å². The smallest absolute Gasteiger partial charge is 0.122 e. The van der Waals surface area contributed by atoms with Crippen LogP contribution in [0.4, 0.5) is 4.39 Å². The maximum atomic E-state index is 13.5. The molecule has 0 aromatic heterocycles. The van der Waals surface area contributed by atoms with E-state index in [-0.39, 0.29) is 11.2 Å². The highest BCUT2D eigenvalue weighted by atomic mass is 19.1. The van der Waals surface area contributed by atoms with E-state index in [4.69, 9.17) is 0 Å². The summed E-state index contributed by atoms with van der Waals surface area (Å²) >= 11 is 0. The molecule has 1 unspecified atom stereocenters. The van der Waals surface area contributed by atoms with Crippen LogP contribution >= 0.6 is 0 Å². The fraction of sp³-hybridized carbons (Fsp3) is 0.714. The van der Waals surface area contributed by atoms with Gasteiger partial charge < -0.3 is 5.32 Å². The van der Waals surface area contributed by atoms with Crippen LogP contribution in [-0.2, 0) is 0 Å². The zero-order valence-corrected chi connectivity index (χ0v) is 10.9. The summed E-state index contributed by atoms with van der Waals surface area (Å²) < 4.78 is 13.5. The average Bonchev–Trinajstić information content (AvgIpc) is 2.19. The Labute approximate surface area is 98.8 Å². The first-order chi connectivity index (χ1) is 7.47. The summed E-state index contributed by atoms with van der Waals surface area (Å²) in [5.74, 6) is 0.388. The molecule has 0 fully saturated rings. The summed E-state index contributed by atoms with van der Waals surface area (Å²) in [6, 6.07) is 0. The molecule has 0 aliphatic heterocycles. The second-order valence-corrected chi connectivity index (χ2v) is 5.31. The van der Waals surface area contributed by atoms with Gasteiger partial charge >= 0.3 is 0 Å². The lowest BCUT2D eigenvalue weighted by atomic mass is 9.73. The first-order valence-corrected chi connectivity index (χ1v) is 6.25. The van der Waals surface area contributed by atoms with Gasteiger partial charge in [-0.25, -0.2) is 4.39 Å². The van der Waals surface area contributed by atoms with Gasteiger partial charge in [-0.05, 0) is 55.8 Å². The summed E-state index contributed by atoms with van der Waals surface area (Å²) in [7, 11) is 0. The van der Waals surface area contributed by atoms with Crippen molar-refractivity contribution in [2.75, 3.05) is 13.1 Å². The van der Waals surface area contributed by atoms with Crippen LogP contribution in [0, 0.1) is 11.3 Å². The molecule has 0 amide bonds. The fourth-order valence-corrected chi connectivity index (χ4v) is 2.16. The van der Waals surface area contributed by atoms with Crippen LogP contribution in [0.25, 0.3) is 0 Å². The topological polar surface area (TPSA) is 12.0 Å². The van der Waals surface area contributed by atoms with Gasteiger partial charge in [0.05, 0.1) is 0 Å². The molecule has 0 radical (unpaired) electrons. The highest BCUT2D eigenvalue weighted by Crippen LogP contribution is 2.39. The van der Waals surface area contributed by atoms with Gasteiger partial charge in [-0.2, -0.15) is 0 Å². The number of halogens is 1. The first kappa shape index (κ1) is 13.4. The van der Waals surface area contributed by atoms with Crippen molar-refractivity contribution in [1.82, 2.24) is 5.32 Å². The highest BCUT2D eigenvalue weighted by molar-refractivity contribution is 5.31. The number of rotatable bonds is 5. The Kier molecular flexibility index (Phi) is 4.72. The normalized spacial score (nSPS) is 23.9. The Bertz CT molecular complexity index is 289. The molecule has 0 heterocycles. The lowest BCUT2D eigenvalue weighted by molar-refractivity contribution is 0.305. The molecule has 2 heteroatoms. The lowest BCUT2D eigenvalue weighted by Crippen LogP contribution is -2.28. The number of hydrogen-bond acceptors (Lipinski definition) is 1. The molecule has 0 bridgehead atoms. The van der Waals surface area contributed by atoms with Crippen molar-refractivity contribution in [3.8, 4) is 0 Å². The van der Waals surface area contributed by atoms with Gasteiger partial charge in [0, 0.05) is 0 Å². The van der Waals surface area contributed by atoms with Gasteiger partial charge in [-0.1, -0.05) is 26.8 Å². The lowest BCUT2D eigenvalue weighted by Gasteiger charge is -2.33. The molecule has 0 saturated heterocycles. The second-order valence-electron chi connectivity index (χ2n) is 5.31. The Hall–Kier alpha value is -0.630. The van der Waals surface area contributed by atoms with Crippen LogP contribution in [0.1, 0.15) is 40.5 Å². The predicted molar refractivity (Wildman–Crippen MR) is 68.0 cm³/mol. The molecule has 16 heavy (non-hydrogen) atoms. The van der Waals surface area contributed by atoms with E-state index in [0.717, 1.165) is 31.5 Å². The SMILES string of the molecule is CCCNCCC1C=C(C)C(F)=CC1(C)C. The van der Waals surface area contributed by atoms with Crippen LogP contribution in [0.3, 0.4) is 0 Å². The van der Waals surface area contributed by atoms with Gasteiger partial charge in [-0.3, -0.25) is 0 Å². The largest absolute Gasteiger partial charge is 0.317 e. The quantitative estimate of drug-likeness (QED) is 0.701. The first-order valence-electron chi connectivity index (χ1n) is 6.25. The third kappa shape index (κ3) is 3.44. The third-order valence-electron chi connectivity index (χ3n) is 3.34. The zero-order chi connectivity index (χ0) is 12.2. The van der Waals surface area contributed by atoms with Crippen molar-refractivity contribution in [1.29, 1.82) is 0 Å². The minimum atomic E-state index is -0.0580. The van der Waals surface area contributed by atoms with Gasteiger partial charge in [0.15, 0.2) is 0 Å². The van der Waals surface area contributed by atoms with Crippen LogP contribution in [0.15, 0.2) is 23.6 Å². The minimum Gasteiger partial charge on any atom is -0.317 e. The molecule has 1 aliphatic rings.